The number of benzene rings is 2. The highest BCUT2D eigenvalue weighted by atomic mass is 16.5. The lowest BCUT2D eigenvalue weighted by Gasteiger charge is -2.37. The average Bonchev–Trinajstić information content (AvgIpc) is 2.92. The van der Waals surface area contributed by atoms with E-state index >= 15 is 0 Å². The molecule has 8 heteroatoms. The molecule has 0 radical (unpaired) electrons. The average molecular weight is 512 g/mol. The van der Waals surface area contributed by atoms with Gasteiger partial charge in [-0.15, -0.1) is 0 Å². The maximum absolute atomic E-state index is 13.5. The highest BCUT2D eigenvalue weighted by Gasteiger charge is 2.27. The molecule has 0 spiro atoms. The summed E-state index contributed by atoms with van der Waals surface area (Å²) in [7, 11) is 0. The molecule has 0 saturated carbocycles. The largest absolute Gasteiger partial charge is 0.389 e. The van der Waals surface area contributed by atoms with Crippen LogP contribution < -0.4 is 0 Å². The van der Waals surface area contributed by atoms with Crippen LogP contribution in [0.3, 0.4) is 0 Å². The maximum Gasteiger partial charge on any atom is 0.253 e. The summed E-state index contributed by atoms with van der Waals surface area (Å²) in [6, 6.07) is 17.7. The number of rotatable bonds is 12. The van der Waals surface area contributed by atoms with E-state index in [1.807, 2.05) is 66.4 Å². The molecule has 1 amide bonds. The Morgan fingerprint density at radius 1 is 1.05 bits per heavy atom. The van der Waals surface area contributed by atoms with Gasteiger partial charge in [-0.3, -0.25) is 14.6 Å². The first-order valence-corrected chi connectivity index (χ1v) is 13.4. The Morgan fingerprint density at radius 3 is 2.54 bits per heavy atom. The number of morpholine rings is 2. The van der Waals surface area contributed by atoms with Crippen LogP contribution in [0.2, 0.25) is 0 Å². The second kappa shape index (κ2) is 14.6. The van der Waals surface area contributed by atoms with Crippen molar-refractivity contribution in [3.63, 3.8) is 0 Å². The molecule has 1 N–H and O–H groups in total. The number of ether oxygens (including phenoxy) is 3. The second-order valence-corrected chi connectivity index (χ2v) is 9.98. The molecule has 2 aliphatic rings. The second-order valence-electron chi connectivity index (χ2n) is 9.98. The molecule has 2 atom stereocenters. The number of carbonyl (C=O) groups is 1. The van der Waals surface area contributed by atoms with Crippen LogP contribution in [0.4, 0.5) is 0 Å². The molecule has 2 aromatic rings. The lowest BCUT2D eigenvalue weighted by atomic mass is 10.1. The smallest absolute Gasteiger partial charge is 0.253 e. The molecule has 2 aliphatic heterocycles. The number of nitrogens with zero attached hydrogens (tertiary/aromatic N) is 3. The molecule has 4 rings (SSSR count). The number of aryl methyl sites for hydroxylation is 1. The van der Waals surface area contributed by atoms with E-state index in [4.69, 9.17) is 14.2 Å². The molecule has 0 bridgehead atoms. The zero-order valence-corrected chi connectivity index (χ0v) is 22.0. The van der Waals surface area contributed by atoms with Crippen LogP contribution in [-0.2, 0) is 20.8 Å². The first-order valence-electron chi connectivity index (χ1n) is 13.4. The van der Waals surface area contributed by atoms with Gasteiger partial charge in [0, 0.05) is 57.9 Å². The van der Waals surface area contributed by atoms with Gasteiger partial charge in [0.05, 0.1) is 45.2 Å². The molecule has 0 aromatic heterocycles. The van der Waals surface area contributed by atoms with E-state index < -0.39 is 6.10 Å². The quantitative estimate of drug-likeness (QED) is 0.468. The Bertz CT molecular complexity index is 936. The normalized spacial score (nSPS) is 20.0. The van der Waals surface area contributed by atoms with E-state index in [9.17, 15) is 9.90 Å². The topological polar surface area (TPSA) is 74.7 Å². The predicted molar refractivity (Wildman–Crippen MR) is 143 cm³/mol. The van der Waals surface area contributed by atoms with Gasteiger partial charge in [0.1, 0.15) is 0 Å². The number of aliphatic hydroxyl groups excluding tert-OH is 1. The third-order valence-corrected chi connectivity index (χ3v) is 6.91. The number of β-amino-alcohol motifs (C(OH)–C–C–N with tert-alkyl or cyclic N) is 1. The minimum Gasteiger partial charge on any atom is -0.389 e. The molecule has 0 unspecified atom stereocenters. The molecule has 0 aliphatic carbocycles. The molecule has 2 aromatic carbocycles. The van der Waals surface area contributed by atoms with Gasteiger partial charge in [-0.2, -0.15) is 0 Å². The predicted octanol–water partition coefficient (Wildman–Crippen LogP) is 2.05. The molecule has 2 fully saturated rings. The van der Waals surface area contributed by atoms with Gasteiger partial charge in [0.15, 0.2) is 0 Å². The van der Waals surface area contributed by atoms with Crippen molar-refractivity contribution in [1.82, 2.24) is 14.7 Å². The fourth-order valence-corrected chi connectivity index (χ4v) is 4.78. The van der Waals surface area contributed by atoms with E-state index in [2.05, 4.69) is 9.80 Å². The Balaban J connectivity index is 1.29. The fourth-order valence-electron chi connectivity index (χ4n) is 4.78. The summed E-state index contributed by atoms with van der Waals surface area (Å²) in [5.41, 5.74) is 2.93. The minimum atomic E-state index is -0.575. The van der Waals surface area contributed by atoms with Crippen molar-refractivity contribution in [2.75, 3.05) is 78.8 Å². The monoisotopic (exact) mass is 511 g/mol. The van der Waals surface area contributed by atoms with Crippen LogP contribution in [-0.4, -0.2) is 117 Å². The lowest BCUT2D eigenvalue weighted by Crippen LogP contribution is -2.52. The summed E-state index contributed by atoms with van der Waals surface area (Å²) in [5.74, 6) is 0.0309. The van der Waals surface area contributed by atoms with E-state index in [-0.39, 0.29) is 18.6 Å². The van der Waals surface area contributed by atoms with Gasteiger partial charge in [0.2, 0.25) is 0 Å². The first kappa shape index (κ1) is 27.7. The molecule has 202 valence electrons. The van der Waals surface area contributed by atoms with Crippen LogP contribution in [0.25, 0.3) is 0 Å². The minimum absolute atomic E-state index is 0.0309. The number of hydrogen-bond donors (Lipinski definition) is 1. The van der Waals surface area contributed by atoms with Crippen molar-refractivity contribution in [2.24, 2.45) is 0 Å². The van der Waals surface area contributed by atoms with Gasteiger partial charge < -0.3 is 24.2 Å². The summed E-state index contributed by atoms with van der Waals surface area (Å²) in [4.78, 5) is 19.9. The number of carbonyl (C=O) groups excluding carboxylic acids is 1. The van der Waals surface area contributed by atoms with Gasteiger partial charge in [-0.05, 0) is 24.6 Å². The number of amides is 1. The summed E-state index contributed by atoms with van der Waals surface area (Å²) in [6.07, 6.45) is -0.681. The van der Waals surface area contributed by atoms with Crippen molar-refractivity contribution >= 4 is 5.91 Å². The SMILES string of the molecule is Cc1ccc(C(=O)N(CCN2CCOCC2)C[C@@H]2CN(C[C@@H](O)COCc3ccccc3)CCO2)cc1. The van der Waals surface area contributed by atoms with Crippen LogP contribution in [0, 0.1) is 6.92 Å². The Labute approximate surface area is 220 Å². The van der Waals surface area contributed by atoms with Crippen LogP contribution in [0.5, 0.6) is 0 Å². The molecule has 8 nitrogen and oxygen atoms in total. The van der Waals surface area contributed by atoms with Gasteiger partial charge in [0.25, 0.3) is 5.91 Å². The van der Waals surface area contributed by atoms with Crippen molar-refractivity contribution < 1.29 is 24.1 Å². The zero-order chi connectivity index (χ0) is 25.9. The third kappa shape index (κ3) is 9.17. The van der Waals surface area contributed by atoms with Crippen molar-refractivity contribution in [3.05, 3.63) is 71.3 Å². The van der Waals surface area contributed by atoms with Crippen LogP contribution in [0.1, 0.15) is 21.5 Å². The molecule has 37 heavy (non-hydrogen) atoms. The molecular formula is C29H41N3O5. The zero-order valence-electron chi connectivity index (χ0n) is 22.0. The van der Waals surface area contributed by atoms with Crippen molar-refractivity contribution in [3.8, 4) is 0 Å². The highest BCUT2D eigenvalue weighted by Crippen LogP contribution is 2.13. The molecule has 2 saturated heterocycles. The van der Waals surface area contributed by atoms with Crippen molar-refractivity contribution in [1.29, 1.82) is 0 Å². The fraction of sp³-hybridized carbons (Fsp3) is 0.552. The highest BCUT2D eigenvalue weighted by molar-refractivity contribution is 5.94. The van der Waals surface area contributed by atoms with Crippen LogP contribution >= 0.6 is 0 Å². The molecule has 2 heterocycles. The van der Waals surface area contributed by atoms with Gasteiger partial charge in [-0.25, -0.2) is 0 Å². The number of aliphatic hydroxyl groups is 1. The third-order valence-electron chi connectivity index (χ3n) is 6.91. The van der Waals surface area contributed by atoms with E-state index in [1.165, 1.54) is 0 Å². The lowest BCUT2D eigenvalue weighted by molar-refractivity contribution is -0.0604. The standard InChI is InChI=1S/C29H41N3O5/c1-24-7-9-26(10-8-24)29(34)32(12-11-30-13-16-35-17-14-30)21-28-20-31(15-18-37-28)19-27(33)23-36-22-25-5-3-2-4-6-25/h2-10,27-28,33H,11-23H2,1H3/t27-,28+/m1/s1. The van der Waals surface area contributed by atoms with E-state index in [0.717, 1.165) is 50.5 Å². The van der Waals surface area contributed by atoms with Crippen molar-refractivity contribution in [2.45, 2.75) is 25.7 Å². The first-order chi connectivity index (χ1) is 18.1. The van der Waals surface area contributed by atoms with Gasteiger partial charge in [-0.1, -0.05) is 48.0 Å². The summed E-state index contributed by atoms with van der Waals surface area (Å²) in [5, 5.41) is 10.5. The molecular weight excluding hydrogens is 470 g/mol. The van der Waals surface area contributed by atoms with E-state index in [1.54, 1.807) is 0 Å². The summed E-state index contributed by atoms with van der Waals surface area (Å²) in [6.45, 7) is 10.6. The Hall–Kier alpha value is -2.33. The maximum atomic E-state index is 13.5. The number of hydrogen-bond acceptors (Lipinski definition) is 7. The van der Waals surface area contributed by atoms with Crippen LogP contribution in [0.15, 0.2) is 54.6 Å². The van der Waals surface area contributed by atoms with Gasteiger partial charge >= 0.3 is 0 Å². The summed E-state index contributed by atoms with van der Waals surface area (Å²) >= 11 is 0. The Morgan fingerprint density at radius 2 is 1.78 bits per heavy atom. The van der Waals surface area contributed by atoms with E-state index in [0.29, 0.717) is 45.0 Å². The summed E-state index contributed by atoms with van der Waals surface area (Å²) < 4.78 is 17.3. The Kier molecular flexibility index (Phi) is 10.9.